The first-order valence-corrected chi connectivity index (χ1v) is 12.6. The van der Waals surface area contributed by atoms with Gasteiger partial charge in [-0.2, -0.15) is 0 Å². The minimum absolute atomic E-state index is 0.159. The van der Waals surface area contributed by atoms with E-state index in [0.717, 1.165) is 43.3 Å². The number of nitrogens with two attached hydrogens (primary N) is 2. The number of primary amides is 1. The Labute approximate surface area is 209 Å². The summed E-state index contributed by atoms with van der Waals surface area (Å²) in [4.78, 5) is 30.6. The van der Waals surface area contributed by atoms with Crippen LogP contribution in [0, 0.1) is 10.1 Å². The Balaban J connectivity index is 1.57. The number of carbonyl (C=O) groups excluding carboxylic acids is 1. The minimum atomic E-state index is -0.862. The smallest absolute Gasteiger partial charge is 0.300 e. The van der Waals surface area contributed by atoms with E-state index in [9.17, 15) is 14.9 Å². The van der Waals surface area contributed by atoms with E-state index in [1.54, 1.807) is 0 Å². The first-order chi connectivity index (χ1) is 17.3. The number of hydrogen-bond donors (Lipinski definition) is 2. The summed E-state index contributed by atoms with van der Waals surface area (Å²) in [6.45, 7) is 1.30. The number of anilines is 1. The molecule has 2 fully saturated rings. The van der Waals surface area contributed by atoms with Crippen molar-refractivity contribution in [1.29, 1.82) is 0 Å². The predicted molar refractivity (Wildman–Crippen MR) is 138 cm³/mol. The van der Waals surface area contributed by atoms with Crippen molar-refractivity contribution in [3.05, 3.63) is 46.3 Å². The zero-order valence-electron chi connectivity index (χ0n) is 20.5. The van der Waals surface area contributed by atoms with Crippen LogP contribution in [-0.4, -0.2) is 51.5 Å². The second-order valence-corrected chi connectivity index (χ2v) is 9.92. The van der Waals surface area contributed by atoms with Gasteiger partial charge in [-0.05, 0) is 63.0 Å². The zero-order valence-corrected chi connectivity index (χ0v) is 20.5. The second-order valence-electron chi connectivity index (χ2n) is 9.92. The van der Waals surface area contributed by atoms with E-state index in [0.29, 0.717) is 18.2 Å². The fourth-order valence-corrected chi connectivity index (χ4v) is 5.68. The molecule has 3 aromatic rings. The maximum Gasteiger partial charge on any atom is 0.300 e. The molecule has 1 amide bonds. The third-order valence-corrected chi connectivity index (χ3v) is 7.69. The van der Waals surface area contributed by atoms with Crippen LogP contribution in [-0.2, 0) is 0 Å². The Morgan fingerprint density at radius 1 is 1.19 bits per heavy atom. The van der Waals surface area contributed by atoms with Gasteiger partial charge < -0.3 is 25.7 Å². The highest BCUT2D eigenvalue weighted by Gasteiger charge is 2.30. The van der Waals surface area contributed by atoms with Crippen molar-refractivity contribution in [2.24, 2.45) is 5.73 Å². The first-order valence-electron chi connectivity index (χ1n) is 12.6. The summed E-state index contributed by atoms with van der Waals surface area (Å²) >= 11 is 0. The molecule has 1 aliphatic heterocycles. The van der Waals surface area contributed by atoms with Gasteiger partial charge in [0.05, 0.1) is 27.8 Å². The lowest BCUT2D eigenvalue weighted by molar-refractivity contribution is -0.383. The molecule has 1 atom stereocenters. The Bertz CT molecular complexity index is 1310. The van der Waals surface area contributed by atoms with Crippen LogP contribution in [0.2, 0.25) is 0 Å². The summed E-state index contributed by atoms with van der Waals surface area (Å²) in [6, 6.07) is 7.73. The molecule has 1 saturated carbocycles. The number of nitrogens with zero attached hydrogens (tertiary/aromatic N) is 4. The highest BCUT2D eigenvalue weighted by Crippen LogP contribution is 2.43. The molecule has 1 saturated heterocycles. The van der Waals surface area contributed by atoms with Crippen molar-refractivity contribution in [2.45, 2.75) is 57.0 Å². The van der Waals surface area contributed by atoms with Gasteiger partial charge in [0.1, 0.15) is 23.6 Å². The molecular formula is C26H32N6O4. The number of likely N-dealkylation sites (N-methyl/N-ethyl adjacent to an activating group) is 1. The average Bonchev–Trinajstić information content (AvgIpc) is 3.47. The van der Waals surface area contributed by atoms with Crippen molar-refractivity contribution in [3.8, 4) is 16.9 Å². The topological polar surface area (TPSA) is 143 Å². The van der Waals surface area contributed by atoms with Crippen LogP contribution in [0.5, 0.6) is 5.75 Å². The number of rotatable bonds is 7. The third kappa shape index (κ3) is 4.37. The maximum atomic E-state index is 12.3. The lowest BCUT2D eigenvalue weighted by Crippen LogP contribution is -2.31. The van der Waals surface area contributed by atoms with Crippen molar-refractivity contribution in [3.63, 3.8) is 0 Å². The maximum absolute atomic E-state index is 12.3. The second kappa shape index (κ2) is 9.77. The van der Waals surface area contributed by atoms with Gasteiger partial charge >= 0.3 is 5.69 Å². The third-order valence-electron chi connectivity index (χ3n) is 7.69. The molecule has 1 aromatic heterocycles. The number of likely N-dealkylation sites (tertiary alicyclic amines) is 1. The number of fused-ring (bicyclic) bond motifs is 1. The van der Waals surface area contributed by atoms with Gasteiger partial charge in [-0.1, -0.05) is 25.3 Å². The number of nitro benzene ring substituents is 1. The van der Waals surface area contributed by atoms with Gasteiger partial charge in [-0.15, -0.1) is 0 Å². The Kier molecular flexibility index (Phi) is 6.53. The SMILES string of the molecule is CN1CCCC1COc1cc(-c2ccc3c(c2)ncn3C2CCCCC2)c([N+](=O)[O-])c(N)c1C(N)=O. The molecule has 0 spiro atoms. The van der Waals surface area contributed by atoms with E-state index in [2.05, 4.69) is 14.5 Å². The fraction of sp³-hybridized carbons (Fsp3) is 0.462. The molecule has 0 radical (unpaired) electrons. The Hall–Kier alpha value is -3.66. The van der Waals surface area contributed by atoms with E-state index in [1.165, 1.54) is 25.3 Å². The number of hydrogen-bond acceptors (Lipinski definition) is 7. The van der Waals surface area contributed by atoms with Crippen LogP contribution in [0.3, 0.4) is 0 Å². The number of nitro groups is 1. The summed E-state index contributed by atoms with van der Waals surface area (Å²) in [7, 11) is 2.02. The number of aromatic nitrogens is 2. The quantitative estimate of drug-likeness (QED) is 0.285. The van der Waals surface area contributed by atoms with Crippen molar-refractivity contribution in [2.75, 3.05) is 25.9 Å². The van der Waals surface area contributed by atoms with Gasteiger partial charge in [0.15, 0.2) is 0 Å². The monoisotopic (exact) mass is 492 g/mol. The van der Waals surface area contributed by atoms with Gasteiger partial charge in [-0.3, -0.25) is 14.9 Å². The van der Waals surface area contributed by atoms with E-state index in [4.69, 9.17) is 16.2 Å². The van der Waals surface area contributed by atoms with Crippen LogP contribution < -0.4 is 16.2 Å². The van der Waals surface area contributed by atoms with Crippen molar-refractivity contribution >= 4 is 28.3 Å². The summed E-state index contributed by atoms with van der Waals surface area (Å²) < 4.78 is 8.25. The first kappa shape index (κ1) is 24.1. The number of ether oxygens (including phenoxy) is 1. The molecule has 2 aliphatic rings. The molecule has 190 valence electrons. The Morgan fingerprint density at radius 3 is 2.64 bits per heavy atom. The lowest BCUT2D eigenvalue weighted by Gasteiger charge is -2.23. The lowest BCUT2D eigenvalue weighted by atomic mass is 9.95. The summed E-state index contributed by atoms with van der Waals surface area (Å²) in [5.41, 5.74) is 13.6. The summed E-state index contributed by atoms with van der Waals surface area (Å²) in [6.07, 6.45) is 9.82. The molecule has 1 unspecified atom stereocenters. The number of benzene rings is 2. The van der Waals surface area contributed by atoms with E-state index in [-0.39, 0.29) is 34.3 Å². The van der Waals surface area contributed by atoms with Crippen molar-refractivity contribution < 1.29 is 14.5 Å². The van der Waals surface area contributed by atoms with Crippen LogP contribution in [0.1, 0.15) is 61.3 Å². The number of nitrogen functional groups attached to an aromatic ring is 1. The average molecular weight is 493 g/mol. The number of amides is 1. The molecular weight excluding hydrogens is 460 g/mol. The number of carbonyl (C=O) groups is 1. The summed E-state index contributed by atoms with van der Waals surface area (Å²) in [5, 5.41) is 12.1. The van der Waals surface area contributed by atoms with Crippen LogP contribution in [0.4, 0.5) is 11.4 Å². The van der Waals surface area contributed by atoms with Gasteiger partial charge in [0, 0.05) is 12.1 Å². The highest BCUT2D eigenvalue weighted by molar-refractivity contribution is 6.05. The largest absolute Gasteiger partial charge is 0.491 e. The van der Waals surface area contributed by atoms with E-state index >= 15 is 0 Å². The number of imidazole rings is 1. The zero-order chi connectivity index (χ0) is 25.4. The predicted octanol–water partition coefficient (Wildman–Crippen LogP) is 4.27. The van der Waals surface area contributed by atoms with Crippen molar-refractivity contribution in [1.82, 2.24) is 14.5 Å². The molecule has 2 aromatic carbocycles. The molecule has 36 heavy (non-hydrogen) atoms. The van der Waals surface area contributed by atoms with E-state index < -0.39 is 10.8 Å². The molecule has 10 nitrogen and oxygen atoms in total. The van der Waals surface area contributed by atoms with Crippen LogP contribution >= 0.6 is 0 Å². The van der Waals surface area contributed by atoms with Gasteiger partial charge in [0.25, 0.3) is 5.91 Å². The minimum Gasteiger partial charge on any atom is -0.491 e. The molecule has 0 bridgehead atoms. The standard InChI is InChI=1S/C26H32N6O4/c1-30-11-5-8-18(30)14-36-22-13-19(25(32(34)35)24(27)23(22)26(28)33)16-9-10-21-20(12-16)29-15-31(21)17-6-3-2-4-7-17/h9-10,12-13,15,17-18H,2-8,11,14,27H2,1H3,(H2,28,33). The molecule has 10 heteroatoms. The fourth-order valence-electron chi connectivity index (χ4n) is 5.68. The molecule has 2 heterocycles. The molecule has 4 N–H and O–H groups in total. The normalized spacial score (nSPS) is 19.1. The molecule has 1 aliphatic carbocycles. The van der Waals surface area contributed by atoms with Gasteiger partial charge in [-0.25, -0.2) is 4.98 Å². The summed E-state index contributed by atoms with van der Waals surface area (Å²) in [5.74, 6) is -0.702. The van der Waals surface area contributed by atoms with Crippen LogP contribution in [0.15, 0.2) is 30.6 Å². The molecule has 5 rings (SSSR count). The van der Waals surface area contributed by atoms with E-state index in [1.807, 2.05) is 31.6 Å². The van der Waals surface area contributed by atoms with Gasteiger partial charge in [0.2, 0.25) is 0 Å². The Morgan fingerprint density at radius 2 is 1.97 bits per heavy atom. The van der Waals surface area contributed by atoms with Crippen LogP contribution in [0.25, 0.3) is 22.2 Å². The highest BCUT2D eigenvalue weighted by atomic mass is 16.6.